The number of halogens is 2. The fraction of sp³-hybridized carbons (Fsp3) is 0.0370. The van der Waals surface area contributed by atoms with Crippen LogP contribution in [0.4, 0.5) is 0 Å². The first-order chi connectivity index (χ1) is 16.6. The Hall–Kier alpha value is -3.19. The van der Waals surface area contributed by atoms with E-state index in [4.69, 9.17) is 16.3 Å². The number of benzene rings is 4. The van der Waals surface area contributed by atoms with Crippen molar-refractivity contribution >= 4 is 71.7 Å². The van der Waals surface area contributed by atoms with E-state index in [1.807, 2.05) is 54.6 Å². The van der Waals surface area contributed by atoms with Gasteiger partial charge in [0.15, 0.2) is 10.7 Å². The van der Waals surface area contributed by atoms with Crippen molar-refractivity contribution in [3.8, 4) is 5.75 Å². The number of ether oxygens (including phenoxy) is 1. The summed E-state index contributed by atoms with van der Waals surface area (Å²) in [5, 5.41) is 2.83. The van der Waals surface area contributed by atoms with Gasteiger partial charge >= 0.3 is 0 Å². The first kappa shape index (κ1) is 21.4. The van der Waals surface area contributed by atoms with Crippen LogP contribution in [0.3, 0.4) is 0 Å². The maximum Gasteiger partial charge on any atom is 0.274 e. The van der Waals surface area contributed by atoms with E-state index in [0.29, 0.717) is 26.9 Å². The lowest BCUT2D eigenvalue weighted by Gasteiger charge is -2.12. The van der Waals surface area contributed by atoms with Crippen LogP contribution in [0.1, 0.15) is 11.1 Å². The minimum Gasteiger partial charge on any atom is -0.486 e. The SMILES string of the molecule is O=c1/c(=C/c2cc(Cl)c(OCc3ccc4ccccc4c3)c(Br)c2)sc2nc3ccccc3n12. The number of nitrogens with zero attached hydrogens (tertiary/aromatic N) is 2. The summed E-state index contributed by atoms with van der Waals surface area (Å²) in [4.78, 5) is 18.3. The highest BCUT2D eigenvalue weighted by molar-refractivity contribution is 9.10. The molecule has 4 nitrogen and oxygen atoms in total. The predicted molar refractivity (Wildman–Crippen MR) is 143 cm³/mol. The highest BCUT2D eigenvalue weighted by Crippen LogP contribution is 2.35. The Balaban J connectivity index is 1.31. The molecule has 6 rings (SSSR count). The fourth-order valence-corrected chi connectivity index (χ4v) is 6.02. The molecule has 0 aliphatic carbocycles. The molecule has 34 heavy (non-hydrogen) atoms. The number of hydrogen-bond donors (Lipinski definition) is 0. The molecule has 0 bridgehead atoms. The Bertz CT molecular complexity index is 1800. The molecular formula is C27H16BrClN2O2S. The lowest BCUT2D eigenvalue weighted by Crippen LogP contribution is -2.22. The van der Waals surface area contributed by atoms with Gasteiger partial charge in [-0.1, -0.05) is 71.5 Å². The molecule has 2 heterocycles. The van der Waals surface area contributed by atoms with E-state index in [1.165, 1.54) is 22.1 Å². The molecular weight excluding hydrogens is 532 g/mol. The van der Waals surface area contributed by atoms with Gasteiger partial charge in [-0.2, -0.15) is 0 Å². The molecule has 0 spiro atoms. The van der Waals surface area contributed by atoms with Gasteiger partial charge in [0.1, 0.15) is 6.61 Å². The summed E-state index contributed by atoms with van der Waals surface area (Å²) in [6, 6.07) is 25.8. The molecule has 7 heteroatoms. The van der Waals surface area contributed by atoms with Gasteiger partial charge < -0.3 is 4.74 Å². The average Bonchev–Trinajstić information content (AvgIpc) is 3.34. The Kier molecular flexibility index (Phi) is 5.37. The molecule has 0 saturated heterocycles. The van der Waals surface area contributed by atoms with Crippen LogP contribution < -0.4 is 14.8 Å². The second-order valence-electron chi connectivity index (χ2n) is 7.92. The third-order valence-electron chi connectivity index (χ3n) is 5.66. The van der Waals surface area contributed by atoms with Gasteiger partial charge in [0.25, 0.3) is 5.56 Å². The number of imidazole rings is 1. The normalized spacial score (nSPS) is 12.2. The monoisotopic (exact) mass is 546 g/mol. The van der Waals surface area contributed by atoms with Crippen LogP contribution in [0, 0.1) is 0 Å². The van der Waals surface area contributed by atoms with Crippen molar-refractivity contribution < 1.29 is 4.74 Å². The van der Waals surface area contributed by atoms with E-state index in [1.54, 1.807) is 4.40 Å². The summed E-state index contributed by atoms with van der Waals surface area (Å²) in [6.45, 7) is 0.395. The zero-order valence-corrected chi connectivity index (χ0v) is 20.8. The Morgan fingerprint density at radius 1 is 1.00 bits per heavy atom. The van der Waals surface area contributed by atoms with Gasteiger partial charge in [0.2, 0.25) is 0 Å². The summed E-state index contributed by atoms with van der Waals surface area (Å²) in [5.74, 6) is 0.571. The average molecular weight is 548 g/mol. The quantitative estimate of drug-likeness (QED) is 0.250. The molecule has 0 atom stereocenters. The van der Waals surface area contributed by atoms with Crippen molar-refractivity contribution in [3.63, 3.8) is 0 Å². The second kappa shape index (κ2) is 8.55. The summed E-state index contributed by atoms with van der Waals surface area (Å²) in [7, 11) is 0. The maximum absolute atomic E-state index is 13.0. The van der Waals surface area contributed by atoms with Crippen LogP contribution in [-0.2, 0) is 6.61 Å². The van der Waals surface area contributed by atoms with Crippen molar-refractivity contribution in [1.29, 1.82) is 0 Å². The Labute approximate surface area is 211 Å². The zero-order chi connectivity index (χ0) is 23.2. The van der Waals surface area contributed by atoms with Crippen LogP contribution in [-0.4, -0.2) is 9.38 Å². The minimum atomic E-state index is -0.0856. The standard InChI is InChI=1S/C27H16BrClN2O2S/c28-20-12-17(14-24-26(32)31-23-8-4-3-7-22(23)30-27(31)34-24)13-21(29)25(20)33-15-16-9-10-18-5-1-2-6-19(18)11-16/h1-14H,15H2/b24-14-. The van der Waals surface area contributed by atoms with Gasteiger partial charge in [0, 0.05) is 0 Å². The minimum absolute atomic E-state index is 0.0856. The smallest absolute Gasteiger partial charge is 0.274 e. The number of rotatable bonds is 4. The highest BCUT2D eigenvalue weighted by Gasteiger charge is 2.13. The van der Waals surface area contributed by atoms with E-state index >= 15 is 0 Å². The molecule has 2 aromatic heterocycles. The van der Waals surface area contributed by atoms with Crippen LogP contribution in [0.25, 0.3) is 32.8 Å². The first-order valence-corrected chi connectivity index (χ1v) is 12.6. The van der Waals surface area contributed by atoms with Gasteiger partial charge in [0.05, 0.1) is 25.1 Å². The van der Waals surface area contributed by atoms with E-state index < -0.39 is 0 Å². The first-order valence-electron chi connectivity index (χ1n) is 10.6. The number of aromatic nitrogens is 2. The van der Waals surface area contributed by atoms with E-state index in [-0.39, 0.29) is 5.56 Å². The van der Waals surface area contributed by atoms with Gasteiger partial charge in [-0.3, -0.25) is 4.79 Å². The summed E-state index contributed by atoms with van der Waals surface area (Å²) >= 11 is 11.5. The molecule has 0 aliphatic rings. The third kappa shape index (κ3) is 3.78. The molecule has 0 aliphatic heterocycles. The summed E-state index contributed by atoms with van der Waals surface area (Å²) in [6.07, 6.45) is 1.83. The molecule has 0 saturated carbocycles. The Morgan fingerprint density at radius 3 is 2.65 bits per heavy atom. The second-order valence-corrected chi connectivity index (χ2v) is 10.2. The predicted octanol–water partition coefficient (Wildman–Crippen LogP) is 6.61. The van der Waals surface area contributed by atoms with Crippen LogP contribution in [0.5, 0.6) is 5.75 Å². The highest BCUT2D eigenvalue weighted by atomic mass is 79.9. The third-order valence-corrected chi connectivity index (χ3v) is 7.50. The molecule has 0 fully saturated rings. The zero-order valence-electron chi connectivity index (χ0n) is 17.7. The summed E-state index contributed by atoms with van der Waals surface area (Å²) in [5.41, 5.74) is 3.41. The Morgan fingerprint density at radius 2 is 1.79 bits per heavy atom. The van der Waals surface area contributed by atoms with E-state index in [2.05, 4.69) is 51.2 Å². The lowest BCUT2D eigenvalue weighted by atomic mass is 10.1. The number of para-hydroxylation sites is 2. The van der Waals surface area contributed by atoms with E-state index in [9.17, 15) is 4.79 Å². The van der Waals surface area contributed by atoms with Crippen LogP contribution in [0.15, 0.2) is 88.1 Å². The molecule has 0 radical (unpaired) electrons. The topological polar surface area (TPSA) is 43.6 Å². The molecule has 0 N–H and O–H groups in total. The molecule has 0 unspecified atom stereocenters. The number of thiazole rings is 1. The lowest BCUT2D eigenvalue weighted by molar-refractivity contribution is 0.304. The molecule has 4 aromatic carbocycles. The van der Waals surface area contributed by atoms with Crippen molar-refractivity contribution in [3.05, 3.63) is 114 Å². The molecule has 166 valence electrons. The van der Waals surface area contributed by atoms with Crippen LogP contribution >= 0.6 is 38.9 Å². The largest absolute Gasteiger partial charge is 0.486 e. The van der Waals surface area contributed by atoms with Gasteiger partial charge in [-0.05, 0) is 74.2 Å². The molecule has 6 aromatic rings. The van der Waals surface area contributed by atoms with Crippen molar-refractivity contribution in [2.75, 3.05) is 0 Å². The van der Waals surface area contributed by atoms with Gasteiger partial charge in [-0.25, -0.2) is 9.38 Å². The summed E-state index contributed by atoms with van der Waals surface area (Å²) < 4.78 is 9.03. The van der Waals surface area contributed by atoms with Crippen molar-refractivity contribution in [2.24, 2.45) is 0 Å². The van der Waals surface area contributed by atoms with Crippen LogP contribution in [0.2, 0.25) is 5.02 Å². The van der Waals surface area contributed by atoms with Crippen molar-refractivity contribution in [1.82, 2.24) is 9.38 Å². The fourth-order valence-electron chi connectivity index (χ4n) is 4.05. The van der Waals surface area contributed by atoms with Gasteiger partial charge in [-0.15, -0.1) is 0 Å². The van der Waals surface area contributed by atoms with E-state index in [0.717, 1.165) is 26.6 Å². The van der Waals surface area contributed by atoms with Crippen molar-refractivity contribution in [2.45, 2.75) is 6.61 Å². The number of fused-ring (bicyclic) bond motifs is 4. The number of hydrogen-bond acceptors (Lipinski definition) is 4. The maximum atomic E-state index is 13.0. The molecule has 0 amide bonds.